The summed E-state index contributed by atoms with van der Waals surface area (Å²) in [7, 11) is 0. The first kappa shape index (κ1) is 17.0. The van der Waals surface area contributed by atoms with Crippen LogP contribution < -0.4 is 0 Å². The van der Waals surface area contributed by atoms with E-state index in [9.17, 15) is 4.79 Å². The Morgan fingerprint density at radius 3 is 2.35 bits per heavy atom. The third-order valence-electron chi connectivity index (χ3n) is 3.50. The van der Waals surface area contributed by atoms with Crippen molar-refractivity contribution < 1.29 is 14.3 Å². The maximum absolute atomic E-state index is 11.5. The summed E-state index contributed by atoms with van der Waals surface area (Å²) in [4.78, 5) is 11.5. The van der Waals surface area contributed by atoms with E-state index in [1.165, 1.54) is 17.2 Å². The van der Waals surface area contributed by atoms with Crippen molar-refractivity contribution >= 4 is 5.97 Å². The Balaban J connectivity index is 2.07. The zero-order chi connectivity index (χ0) is 16.5. The molecule has 0 saturated heterocycles. The summed E-state index contributed by atoms with van der Waals surface area (Å²) in [5.74, 6) is -0.442. The smallest absolute Gasteiger partial charge is 0.330 e. The van der Waals surface area contributed by atoms with Gasteiger partial charge in [0.1, 0.15) is 0 Å². The van der Waals surface area contributed by atoms with Gasteiger partial charge < -0.3 is 9.47 Å². The SMILES string of the molecule is C=CC(=O)OC(COCC)c1ccc(Cc2ccccc2)cc1. The van der Waals surface area contributed by atoms with Gasteiger partial charge in [-0.1, -0.05) is 61.2 Å². The normalized spacial score (nSPS) is 11.7. The summed E-state index contributed by atoms with van der Waals surface area (Å²) < 4.78 is 10.8. The molecule has 0 heterocycles. The van der Waals surface area contributed by atoms with Crippen molar-refractivity contribution in [2.45, 2.75) is 19.4 Å². The summed E-state index contributed by atoms with van der Waals surface area (Å²) in [6.45, 7) is 6.26. The zero-order valence-electron chi connectivity index (χ0n) is 13.4. The standard InChI is InChI=1S/C20H22O3/c1-3-20(21)23-19(15-22-4-2)18-12-10-17(11-13-18)14-16-8-6-5-7-9-16/h3,5-13,19H,1,4,14-15H2,2H3. The van der Waals surface area contributed by atoms with E-state index in [0.29, 0.717) is 13.2 Å². The topological polar surface area (TPSA) is 35.5 Å². The summed E-state index contributed by atoms with van der Waals surface area (Å²) in [5.41, 5.74) is 3.40. The number of rotatable bonds is 8. The van der Waals surface area contributed by atoms with Crippen molar-refractivity contribution in [2.75, 3.05) is 13.2 Å². The molecule has 1 unspecified atom stereocenters. The Bertz CT molecular complexity index is 617. The highest BCUT2D eigenvalue weighted by molar-refractivity contribution is 5.81. The number of benzene rings is 2. The Hall–Kier alpha value is -2.39. The third kappa shape index (κ3) is 5.38. The first-order valence-electron chi connectivity index (χ1n) is 7.76. The molecule has 2 aromatic rings. The van der Waals surface area contributed by atoms with Crippen molar-refractivity contribution in [1.29, 1.82) is 0 Å². The predicted octanol–water partition coefficient (Wildman–Crippen LogP) is 4.08. The molecule has 120 valence electrons. The summed E-state index contributed by atoms with van der Waals surface area (Å²) in [6.07, 6.45) is 1.64. The molecular weight excluding hydrogens is 288 g/mol. The maximum atomic E-state index is 11.5. The molecule has 3 nitrogen and oxygen atoms in total. The zero-order valence-corrected chi connectivity index (χ0v) is 13.4. The van der Waals surface area contributed by atoms with Crippen LogP contribution in [0.25, 0.3) is 0 Å². The fourth-order valence-corrected chi connectivity index (χ4v) is 2.29. The molecule has 0 aliphatic carbocycles. The molecule has 0 aliphatic rings. The molecule has 0 bridgehead atoms. The second kappa shape index (κ2) is 8.91. The monoisotopic (exact) mass is 310 g/mol. The van der Waals surface area contributed by atoms with Crippen LogP contribution in [0.1, 0.15) is 29.7 Å². The summed E-state index contributed by atoms with van der Waals surface area (Å²) >= 11 is 0. The molecule has 0 aliphatic heterocycles. The van der Waals surface area contributed by atoms with Gasteiger partial charge in [-0.2, -0.15) is 0 Å². The van der Waals surface area contributed by atoms with E-state index in [2.05, 4.69) is 30.8 Å². The van der Waals surface area contributed by atoms with E-state index < -0.39 is 12.1 Å². The highest BCUT2D eigenvalue weighted by Crippen LogP contribution is 2.20. The van der Waals surface area contributed by atoms with Crippen LogP contribution in [0.15, 0.2) is 67.3 Å². The molecule has 0 fully saturated rings. The van der Waals surface area contributed by atoms with Gasteiger partial charge in [0.15, 0.2) is 6.10 Å². The first-order valence-corrected chi connectivity index (χ1v) is 7.76. The van der Waals surface area contributed by atoms with Crippen LogP contribution >= 0.6 is 0 Å². The minimum atomic E-state index is -0.442. The Kier molecular flexibility index (Phi) is 6.57. The van der Waals surface area contributed by atoms with E-state index in [4.69, 9.17) is 9.47 Å². The van der Waals surface area contributed by atoms with Crippen LogP contribution in [0.2, 0.25) is 0 Å². The lowest BCUT2D eigenvalue weighted by atomic mass is 10.0. The number of carbonyl (C=O) groups is 1. The molecule has 0 spiro atoms. The Morgan fingerprint density at radius 2 is 1.74 bits per heavy atom. The van der Waals surface area contributed by atoms with Gasteiger partial charge in [0.2, 0.25) is 0 Å². The number of hydrogen-bond acceptors (Lipinski definition) is 3. The average Bonchev–Trinajstić information content (AvgIpc) is 2.60. The second-order valence-electron chi connectivity index (χ2n) is 5.19. The summed E-state index contributed by atoms with van der Waals surface area (Å²) in [6, 6.07) is 18.4. The van der Waals surface area contributed by atoms with Crippen LogP contribution in [0.3, 0.4) is 0 Å². The maximum Gasteiger partial charge on any atom is 0.330 e. The fourth-order valence-electron chi connectivity index (χ4n) is 2.29. The lowest BCUT2D eigenvalue weighted by Gasteiger charge is -2.17. The number of esters is 1. The molecule has 2 aromatic carbocycles. The average molecular weight is 310 g/mol. The van der Waals surface area contributed by atoms with Crippen LogP contribution in [-0.4, -0.2) is 19.2 Å². The molecule has 3 heteroatoms. The van der Waals surface area contributed by atoms with Crippen molar-refractivity contribution in [3.05, 3.63) is 83.9 Å². The van der Waals surface area contributed by atoms with Gasteiger partial charge in [0.25, 0.3) is 0 Å². The van der Waals surface area contributed by atoms with Crippen molar-refractivity contribution in [3.8, 4) is 0 Å². The lowest BCUT2D eigenvalue weighted by Crippen LogP contribution is -2.15. The van der Waals surface area contributed by atoms with Gasteiger partial charge >= 0.3 is 5.97 Å². The summed E-state index contributed by atoms with van der Waals surface area (Å²) in [5, 5.41) is 0. The molecule has 0 aromatic heterocycles. The number of carbonyl (C=O) groups excluding carboxylic acids is 1. The van der Waals surface area contributed by atoms with Crippen LogP contribution in [-0.2, 0) is 20.7 Å². The quantitative estimate of drug-likeness (QED) is 0.544. The van der Waals surface area contributed by atoms with Gasteiger partial charge in [-0.05, 0) is 30.0 Å². The third-order valence-corrected chi connectivity index (χ3v) is 3.50. The number of ether oxygens (including phenoxy) is 2. The van der Waals surface area contributed by atoms with Crippen molar-refractivity contribution in [2.24, 2.45) is 0 Å². The fraction of sp³-hybridized carbons (Fsp3) is 0.250. The molecule has 0 saturated carbocycles. The molecular formula is C20H22O3. The van der Waals surface area contributed by atoms with Crippen LogP contribution in [0, 0.1) is 0 Å². The van der Waals surface area contributed by atoms with E-state index in [-0.39, 0.29) is 0 Å². The van der Waals surface area contributed by atoms with Crippen LogP contribution in [0.5, 0.6) is 0 Å². The molecule has 0 amide bonds. The largest absolute Gasteiger partial charge is 0.452 e. The van der Waals surface area contributed by atoms with Gasteiger partial charge in [-0.15, -0.1) is 0 Å². The van der Waals surface area contributed by atoms with Gasteiger partial charge in [0, 0.05) is 12.7 Å². The van der Waals surface area contributed by atoms with E-state index in [0.717, 1.165) is 12.0 Å². The Morgan fingerprint density at radius 1 is 1.09 bits per heavy atom. The molecule has 1 atom stereocenters. The molecule has 0 radical (unpaired) electrons. The Labute approximate surface area is 137 Å². The second-order valence-corrected chi connectivity index (χ2v) is 5.19. The predicted molar refractivity (Wildman–Crippen MR) is 91.2 cm³/mol. The first-order chi connectivity index (χ1) is 11.2. The molecule has 0 N–H and O–H groups in total. The minimum absolute atomic E-state index is 0.341. The van der Waals surface area contributed by atoms with E-state index >= 15 is 0 Å². The van der Waals surface area contributed by atoms with Gasteiger partial charge in [-0.3, -0.25) is 0 Å². The highest BCUT2D eigenvalue weighted by atomic mass is 16.6. The van der Waals surface area contributed by atoms with E-state index in [1.54, 1.807) is 0 Å². The number of hydrogen-bond donors (Lipinski definition) is 0. The molecule has 23 heavy (non-hydrogen) atoms. The van der Waals surface area contributed by atoms with Crippen LogP contribution in [0.4, 0.5) is 0 Å². The van der Waals surface area contributed by atoms with Gasteiger partial charge in [-0.25, -0.2) is 4.79 Å². The van der Waals surface area contributed by atoms with Crippen molar-refractivity contribution in [3.63, 3.8) is 0 Å². The van der Waals surface area contributed by atoms with E-state index in [1.807, 2.05) is 37.3 Å². The lowest BCUT2D eigenvalue weighted by molar-refractivity contribution is -0.146. The minimum Gasteiger partial charge on any atom is -0.452 e. The molecule has 2 rings (SSSR count). The van der Waals surface area contributed by atoms with Gasteiger partial charge in [0.05, 0.1) is 6.61 Å². The highest BCUT2D eigenvalue weighted by Gasteiger charge is 2.15. The van der Waals surface area contributed by atoms with Crippen molar-refractivity contribution in [1.82, 2.24) is 0 Å².